The molecular weight excluding hydrogens is 244 g/mol. The lowest BCUT2D eigenvalue weighted by Gasteiger charge is -2.13. The molecule has 1 rings (SSSR count). The molecule has 0 radical (unpaired) electrons. The first-order valence-electron chi connectivity index (χ1n) is 6.17. The number of carboxylic acids is 1. The average Bonchev–Trinajstić information content (AvgIpc) is 2.36. The van der Waals surface area contributed by atoms with Crippen LogP contribution in [0.1, 0.15) is 42.6 Å². The standard InChI is InChI=1S/C15H18O4/c1-4-19-11-5-6-12(13(9-11)10(2)3)14(16)7-8-15(17)18/h5-10H,4H2,1-3H3,(H,17,18)/b8-7+. The third kappa shape index (κ3) is 4.25. The largest absolute Gasteiger partial charge is 0.494 e. The Labute approximate surface area is 112 Å². The van der Waals surface area contributed by atoms with Crippen molar-refractivity contribution >= 4 is 11.8 Å². The highest BCUT2D eigenvalue weighted by molar-refractivity contribution is 6.07. The lowest BCUT2D eigenvalue weighted by molar-refractivity contribution is -0.131. The van der Waals surface area contributed by atoms with Crippen LogP contribution in [0.25, 0.3) is 0 Å². The van der Waals surface area contributed by atoms with Crippen LogP contribution >= 0.6 is 0 Å². The summed E-state index contributed by atoms with van der Waals surface area (Å²) >= 11 is 0. The van der Waals surface area contributed by atoms with E-state index in [0.29, 0.717) is 17.9 Å². The third-order valence-corrected chi connectivity index (χ3v) is 2.60. The quantitative estimate of drug-likeness (QED) is 0.632. The third-order valence-electron chi connectivity index (χ3n) is 2.60. The number of carbonyl (C=O) groups is 2. The number of ketones is 1. The monoisotopic (exact) mass is 262 g/mol. The number of hydrogen-bond donors (Lipinski definition) is 1. The van der Waals surface area contributed by atoms with Gasteiger partial charge < -0.3 is 9.84 Å². The smallest absolute Gasteiger partial charge is 0.328 e. The zero-order valence-corrected chi connectivity index (χ0v) is 11.3. The maximum absolute atomic E-state index is 12.0. The minimum absolute atomic E-state index is 0.151. The summed E-state index contributed by atoms with van der Waals surface area (Å²) in [5.41, 5.74) is 1.36. The van der Waals surface area contributed by atoms with Gasteiger partial charge in [0.15, 0.2) is 5.78 Å². The molecule has 0 saturated heterocycles. The Morgan fingerprint density at radius 2 is 2.00 bits per heavy atom. The molecule has 0 aromatic heterocycles. The van der Waals surface area contributed by atoms with Gasteiger partial charge in [0, 0.05) is 11.6 Å². The highest BCUT2D eigenvalue weighted by Gasteiger charge is 2.13. The van der Waals surface area contributed by atoms with Crippen LogP contribution in [0.15, 0.2) is 30.4 Å². The molecule has 0 spiro atoms. The summed E-state index contributed by atoms with van der Waals surface area (Å²) < 4.78 is 5.41. The minimum atomic E-state index is -1.13. The number of rotatable bonds is 6. The van der Waals surface area contributed by atoms with E-state index in [1.165, 1.54) is 0 Å². The van der Waals surface area contributed by atoms with Crippen LogP contribution in [0.4, 0.5) is 0 Å². The Balaban J connectivity index is 3.12. The van der Waals surface area contributed by atoms with Crippen molar-refractivity contribution in [3.8, 4) is 5.75 Å². The molecule has 0 atom stereocenters. The van der Waals surface area contributed by atoms with Gasteiger partial charge in [0.2, 0.25) is 0 Å². The van der Waals surface area contributed by atoms with Crippen molar-refractivity contribution in [2.24, 2.45) is 0 Å². The molecule has 1 aromatic carbocycles. The molecule has 4 heteroatoms. The van der Waals surface area contributed by atoms with Crippen LogP contribution in [0.3, 0.4) is 0 Å². The van der Waals surface area contributed by atoms with E-state index < -0.39 is 5.97 Å². The fourth-order valence-corrected chi connectivity index (χ4v) is 1.74. The molecule has 4 nitrogen and oxygen atoms in total. The number of carbonyl (C=O) groups excluding carboxylic acids is 1. The molecule has 0 amide bonds. The van der Waals surface area contributed by atoms with Crippen molar-refractivity contribution < 1.29 is 19.4 Å². The number of hydrogen-bond acceptors (Lipinski definition) is 3. The van der Waals surface area contributed by atoms with Crippen molar-refractivity contribution in [3.05, 3.63) is 41.5 Å². The van der Waals surface area contributed by atoms with Crippen LogP contribution in [0, 0.1) is 0 Å². The number of aliphatic carboxylic acids is 1. The summed E-state index contributed by atoms with van der Waals surface area (Å²) in [7, 11) is 0. The van der Waals surface area contributed by atoms with Gasteiger partial charge in [-0.15, -0.1) is 0 Å². The predicted octanol–water partition coefficient (Wildman–Crippen LogP) is 3.03. The molecular formula is C15H18O4. The van der Waals surface area contributed by atoms with Crippen LogP contribution < -0.4 is 4.74 Å². The number of carboxylic acid groups (broad SMARTS) is 1. The molecule has 0 aliphatic rings. The molecule has 0 saturated carbocycles. The van der Waals surface area contributed by atoms with Gasteiger partial charge >= 0.3 is 5.97 Å². The summed E-state index contributed by atoms with van der Waals surface area (Å²) in [6, 6.07) is 5.22. The van der Waals surface area contributed by atoms with Crippen LogP contribution in [-0.2, 0) is 4.79 Å². The first kappa shape index (κ1) is 15.0. The van der Waals surface area contributed by atoms with E-state index >= 15 is 0 Å². The van der Waals surface area contributed by atoms with Gasteiger partial charge in [0.25, 0.3) is 0 Å². The lowest BCUT2D eigenvalue weighted by Crippen LogP contribution is -2.04. The Kier molecular flexibility index (Phi) is 5.30. The lowest BCUT2D eigenvalue weighted by atomic mass is 9.94. The van der Waals surface area contributed by atoms with Crippen molar-refractivity contribution in [3.63, 3.8) is 0 Å². The van der Waals surface area contributed by atoms with Crippen molar-refractivity contribution in [2.75, 3.05) is 6.61 Å². The highest BCUT2D eigenvalue weighted by atomic mass is 16.5. The van der Waals surface area contributed by atoms with E-state index in [1.807, 2.05) is 26.8 Å². The van der Waals surface area contributed by atoms with E-state index in [9.17, 15) is 9.59 Å². The SMILES string of the molecule is CCOc1ccc(C(=O)/C=C/C(=O)O)c(C(C)C)c1. The Morgan fingerprint density at radius 3 is 2.53 bits per heavy atom. The number of allylic oxidation sites excluding steroid dienone is 1. The first-order chi connectivity index (χ1) is 8.95. The van der Waals surface area contributed by atoms with Gasteiger partial charge in [0.05, 0.1) is 6.61 Å². The van der Waals surface area contributed by atoms with Crippen molar-refractivity contribution in [2.45, 2.75) is 26.7 Å². The van der Waals surface area contributed by atoms with Crippen LogP contribution in [-0.4, -0.2) is 23.5 Å². The van der Waals surface area contributed by atoms with Crippen molar-refractivity contribution in [1.29, 1.82) is 0 Å². The first-order valence-corrected chi connectivity index (χ1v) is 6.17. The summed E-state index contributed by atoms with van der Waals surface area (Å²) in [5, 5.41) is 8.54. The second kappa shape index (κ2) is 6.73. The van der Waals surface area contributed by atoms with Gasteiger partial charge in [-0.05, 0) is 42.7 Å². The highest BCUT2D eigenvalue weighted by Crippen LogP contribution is 2.25. The zero-order valence-electron chi connectivity index (χ0n) is 11.3. The Morgan fingerprint density at radius 1 is 1.32 bits per heavy atom. The van der Waals surface area contributed by atoms with Gasteiger partial charge in [-0.2, -0.15) is 0 Å². The maximum atomic E-state index is 12.0. The van der Waals surface area contributed by atoms with Gasteiger partial charge in [-0.25, -0.2) is 4.79 Å². The summed E-state index contributed by atoms with van der Waals surface area (Å²) in [6.45, 7) is 6.40. The molecule has 0 aliphatic carbocycles. The second-order valence-electron chi connectivity index (χ2n) is 4.37. The normalized spacial score (nSPS) is 10.9. The van der Waals surface area contributed by atoms with Gasteiger partial charge in [0.1, 0.15) is 5.75 Å². The summed E-state index contributed by atoms with van der Waals surface area (Å²) in [6.07, 6.45) is 1.92. The maximum Gasteiger partial charge on any atom is 0.328 e. The molecule has 0 bridgehead atoms. The Hall–Kier alpha value is -2.10. The van der Waals surface area contributed by atoms with Gasteiger partial charge in [-0.3, -0.25) is 4.79 Å². The topological polar surface area (TPSA) is 63.6 Å². The summed E-state index contributed by atoms with van der Waals surface area (Å²) in [5.74, 6) is -0.581. The molecule has 0 unspecified atom stereocenters. The second-order valence-corrected chi connectivity index (χ2v) is 4.37. The molecule has 0 heterocycles. The minimum Gasteiger partial charge on any atom is -0.494 e. The van der Waals surface area contributed by atoms with E-state index in [1.54, 1.807) is 12.1 Å². The van der Waals surface area contributed by atoms with Crippen LogP contribution in [0.2, 0.25) is 0 Å². The van der Waals surface area contributed by atoms with E-state index in [-0.39, 0.29) is 11.7 Å². The summed E-state index contributed by atoms with van der Waals surface area (Å²) in [4.78, 5) is 22.4. The zero-order chi connectivity index (χ0) is 14.4. The predicted molar refractivity (Wildman–Crippen MR) is 72.8 cm³/mol. The molecule has 0 aliphatic heterocycles. The van der Waals surface area contributed by atoms with Gasteiger partial charge in [-0.1, -0.05) is 13.8 Å². The van der Waals surface area contributed by atoms with E-state index in [4.69, 9.17) is 9.84 Å². The van der Waals surface area contributed by atoms with Crippen LogP contribution in [0.5, 0.6) is 5.75 Å². The fourth-order valence-electron chi connectivity index (χ4n) is 1.74. The number of benzene rings is 1. The molecule has 0 fully saturated rings. The molecule has 19 heavy (non-hydrogen) atoms. The van der Waals surface area contributed by atoms with E-state index in [2.05, 4.69) is 0 Å². The molecule has 1 N–H and O–H groups in total. The molecule has 1 aromatic rings. The van der Waals surface area contributed by atoms with Crippen molar-refractivity contribution in [1.82, 2.24) is 0 Å². The average molecular weight is 262 g/mol. The Bertz CT molecular complexity index is 501. The number of ether oxygens (including phenoxy) is 1. The fraction of sp³-hybridized carbons (Fsp3) is 0.333. The van der Waals surface area contributed by atoms with E-state index in [0.717, 1.165) is 17.7 Å². The molecule has 102 valence electrons.